The smallest absolute Gasteiger partial charge is 0.0950 e. The molecule has 0 amide bonds. The largest absolute Gasteiger partial charge is 0.387 e. The third-order valence-electron chi connectivity index (χ3n) is 1.31. The first kappa shape index (κ1) is 8.27. The van der Waals surface area contributed by atoms with Crippen molar-refractivity contribution in [2.75, 3.05) is 0 Å². The summed E-state index contributed by atoms with van der Waals surface area (Å²) in [5.41, 5.74) is 6.30. The molecule has 0 radical (unpaired) electrons. The molecule has 1 rings (SSSR count). The predicted octanol–water partition coefficient (Wildman–Crippen LogP) is 1.93. The van der Waals surface area contributed by atoms with Crippen LogP contribution in [0.15, 0.2) is 28.7 Å². The van der Waals surface area contributed by atoms with E-state index in [4.69, 9.17) is 11.1 Å². The summed E-state index contributed by atoms with van der Waals surface area (Å²) in [5.74, 6) is 0.201. The van der Waals surface area contributed by atoms with Gasteiger partial charge in [-0.25, -0.2) is 0 Å². The maximum atomic E-state index is 7.05. The van der Waals surface area contributed by atoms with Gasteiger partial charge in [0.25, 0.3) is 0 Å². The Labute approximate surface area is 74.1 Å². The molecule has 1 aromatic carbocycles. The van der Waals surface area contributed by atoms with Crippen molar-refractivity contribution in [3.63, 3.8) is 0 Å². The van der Waals surface area contributed by atoms with E-state index >= 15 is 0 Å². The van der Waals surface area contributed by atoms with E-state index in [1.165, 1.54) is 0 Å². The van der Waals surface area contributed by atoms with Crippen molar-refractivity contribution >= 4 is 21.8 Å². The van der Waals surface area contributed by atoms with Crippen LogP contribution in [0.5, 0.6) is 0 Å². The summed E-state index contributed by atoms with van der Waals surface area (Å²) >= 11 is 3.33. The van der Waals surface area contributed by atoms with E-state index in [2.05, 4.69) is 15.9 Å². The van der Waals surface area contributed by atoms with Gasteiger partial charge in [-0.2, -0.15) is 0 Å². The van der Waals surface area contributed by atoms with Gasteiger partial charge in [0.2, 0.25) is 0 Å². The standard InChI is InChI=1S/C8H9BrN2/c9-7-3-1-6(2-4-7)5-8(10)11/h1-4H,5H2,(H3,10,11). The van der Waals surface area contributed by atoms with Gasteiger partial charge in [-0.3, -0.25) is 5.41 Å². The van der Waals surface area contributed by atoms with Gasteiger partial charge in [0.15, 0.2) is 0 Å². The van der Waals surface area contributed by atoms with E-state index in [9.17, 15) is 0 Å². The van der Waals surface area contributed by atoms with Gasteiger partial charge in [0.05, 0.1) is 5.84 Å². The second-order valence-corrected chi connectivity index (χ2v) is 3.24. The van der Waals surface area contributed by atoms with Gasteiger partial charge in [-0.1, -0.05) is 28.1 Å². The Morgan fingerprint density at radius 3 is 2.36 bits per heavy atom. The molecule has 0 aromatic heterocycles. The molecule has 0 saturated carbocycles. The fraction of sp³-hybridized carbons (Fsp3) is 0.125. The van der Waals surface area contributed by atoms with E-state index < -0.39 is 0 Å². The summed E-state index contributed by atoms with van der Waals surface area (Å²) in [7, 11) is 0. The number of amidine groups is 1. The van der Waals surface area contributed by atoms with Gasteiger partial charge in [0.1, 0.15) is 0 Å². The highest BCUT2D eigenvalue weighted by molar-refractivity contribution is 9.10. The van der Waals surface area contributed by atoms with E-state index in [-0.39, 0.29) is 5.84 Å². The van der Waals surface area contributed by atoms with Gasteiger partial charge in [-0.05, 0) is 17.7 Å². The maximum Gasteiger partial charge on any atom is 0.0950 e. The minimum absolute atomic E-state index is 0.201. The minimum Gasteiger partial charge on any atom is -0.387 e. The number of halogens is 1. The lowest BCUT2D eigenvalue weighted by Gasteiger charge is -1.97. The molecule has 0 fully saturated rings. The molecule has 0 aliphatic carbocycles. The zero-order chi connectivity index (χ0) is 8.27. The monoisotopic (exact) mass is 212 g/mol. The van der Waals surface area contributed by atoms with Crippen molar-refractivity contribution in [1.82, 2.24) is 0 Å². The normalized spacial score (nSPS) is 9.55. The average Bonchev–Trinajstić information content (AvgIpc) is 1.93. The number of nitrogens with two attached hydrogens (primary N) is 1. The molecule has 58 valence electrons. The molecule has 11 heavy (non-hydrogen) atoms. The molecular formula is C8H9BrN2. The third kappa shape index (κ3) is 2.72. The Morgan fingerprint density at radius 1 is 1.36 bits per heavy atom. The molecule has 0 saturated heterocycles. The van der Waals surface area contributed by atoms with Crippen LogP contribution in [0, 0.1) is 5.41 Å². The molecule has 2 nitrogen and oxygen atoms in total. The van der Waals surface area contributed by atoms with Crippen molar-refractivity contribution in [1.29, 1.82) is 5.41 Å². The molecule has 0 aliphatic rings. The lowest BCUT2D eigenvalue weighted by Crippen LogP contribution is -2.12. The third-order valence-corrected chi connectivity index (χ3v) is 1.84. The Bertz CT molecular complexity index is 253. The van der Waals surface area contributed by atoms with Crippen molar-refractivity contribution in [3.05, 3.63) is 34.3 Å². The van der Waals surface area contributed by atoms with Crippen LogP contribution in [0.2, 0.25) is 0 Å². The van der Waals surface area contributed by atoms with Crippen LogP contribution in [0.3, 0.4) is 0 Å². The number of nitrogens with one attached hydrogen (secondary N) is 1. The van der Waals surface area contributed by atoms with Gasteiger partial charge in [-0.15, -0.1) is 0 Å². The Hall–Kier alpha value is -0.830. The molecule has 0 heterocycles. The van der Waals surface area contributed by atoms with Crippen molar-refractivity contribution in [2.45, 2.75) is 6.42 Å². The first-order chi connectivity index (χ1) is 5.18. The van der Waals surface area contributed by atoms with Crippen molar-refractivity contribution < 1.29 is 0 Å². The van der Waals surface area contributed by atoms with Gasteiger partial charge < -0.3 is 5.73 Å². The van der Waals surface area contributed by atoms with Crippen LogP contribution in [0.1, 0.15) is 5.56 Å². The van der Waals surface area contributed by atoms with E-state index in [1.54, 1.807) is 0 Å². The highest BCUT2D eigenvalue weighted by Gasteiger charge is 1.93. The second kappa shape index (κ2) is 3.53. The van der Waals surface area contributed by atoms with Crippen LogP contribution in [0.4, 0.5) is 0 Å². The van der Waals surface area contributed by atoms with Crippen LogP contribution in [-0.2, 0) is 6.42 Å². The summed E-state index contributed by atoms with van der Waals surface area (Å²) in [6.45, 7) is 0. The second-order valence-electron chi connectivity index (χ2n) is 2.33. The van der Waals surface area contributed by atoms with E-state index in [0.29, 0.717) is 6.42 Å². The summed E-state index contributed by atoms with van der Waals surface area (Å²) in [4.78, 5) is 0. The molecular weight excluding hydrogens is 204 g/mol. The topological polar surface area (TPSA) is 49.9 Å². The molecule has 0 spiro atoms. The number of hydrogen-bond acceptors (Lipinski definition) is 1. The Kier molecular flexibility index (Phi) is 2.65. The molecule has 0 unspecified atom stereocenters. The van der Waals surface area contributed by atoms with E-state index in [1.807, 2.05) is 24.3 Å². The number of rotatable bonds is 2. The molecule has 0 aliphatic heterocycles. The summed E-state index contributed by atoms with van der Waals surface area (Å²) in [6, 6.07) is 7.79. The number of benzene rings is 1. The summed E-state index contributed by atoms with van der Waals surface area (Å²) in [5, 5.41) is 7.05. The van der Waals surface area contributed by atoms with E-state index in [0.717, 1.165) is 10.0 Å². The van der Waals surface area contributed by atoms with Gasteiger partial charge in [0, 0.05) is 10.9 Å². The van der Waals surface area contributed by atoms with Crippen LogP contribution in [-0.4, -0.2) is 5.84 Å². The minimum atomic E-state index is 0.201. The lowest BCUT2D eigenvalue weighted by molar-refractivity contribution is 1.24. The van der Waals surface area contributed by atoms with Crippen molar-refractivity contribution in [2.24, 2.45) is 5.73 Å². The maximum absolute atomic E-state index is 7.05. The fourth-order valence-corrected chi connectivity index (χ4v) is 1.09. The fourth-order valence-electron chi connectivity index (χ4n) is 0.822. The average molecular weight is 213 g/mol. The molecule has 0 bridgehead atoms. The number of hydrogen-bond donors (Lipinski definition) is 2. The summed E-state index contributed by atoms with van der Waals surface area (Å²) < 4.78 is 1.05. The van der Waals surface area contributed by atoms with Crippen LogP contribution >= 0.6 is 15.9 Å². The lowest BCUT2D eigenvalue weighted by atomic mass is 10.1. The van der Waals surface area contributed by atoms with Gasteiger partial charge >= 0.3 is 0 Å². The first-order valence-electron chi connectivity index (χ1n) is 3.26. The first-order valence-corrected chi connectivity index (χ1v) is 4.05. The Morgan fingerprint density at radius 2 is 1.91 bits per heavy atom. The quantitative estimate of drug-likeness (QED) is 0.572. The van der Waals surface area contributed by atoms with Crippen LogP contribution < -0.4 is 5.73 Å². The Balaban J connectivity index is 2.74. The molecule has 1 aromatic rings. The molecule has 3 heteroatoms. The van der Waals surface area contributed by atoms with Crippen molar-refractivity contribution in [3.8, 4) is 0 Å². The molecule has 3 N–H and O–H groups in total. The summed E-state index contributed by atoms with van der Waals surface area (Å²) in [6.07, 6.45) is 0.535. The zero-order valence-electron chi connectivity index (χ0n) is 5.97. The predicted molar refractivity (Wildman–Crippen MR) is 49.8 cm³/mol. The molecule has 0 atom stereocenters. The zero-order valence-corrected chi connectivity index (χ0v) is 7.56. The van der Waals surface area contributed by atoms with Crippen LogP contribution in [0.25, 0.3) is 0 Å². The highest BCUT2D eigenvalue weighted by atomic mass is 79.9. The SMILES string of the molecule is N=C(N)Cc1ccc(Br)cc1. The highest BCUT2D eigenvalue weighted by Crippen LogP contribution is 2.10.